The van der Waals surface area contributed by atoms with E-state index in [4.69, 9.17) is 18.6 Å². The van der Waals surface area contributed by atoms with Crippen molar-refractivity contribution < 1.29 is 28.2 Å². The smallest absolute Gasteiger partial charge is 0.250 e. The molecule has 5 rings (SSSR count). The number of aryl methyl sites for hydroxylation is 1. The summed E-state index contributed by atoms with van der Waals surface area (Å²) in [4.78, 5) is 30.5. The van der Waals surface area contributed by atoms with E-state index in [0.29, 0.717) is 41.0 Å². The van der Waals surface area contributed by atoms with Gasteiger partial charge in [-0.3, -0.25) is 9.59 Å². The molecule has 12 heteroatoms. The number of methoxy groups -OCH3 is 2. The molecule has 12 nitrogen and oxygen atoms in total. The summed E-state index contributed by atoms with van der Waals surface area (Å²) in [5.41, 5.74) is 0.661. The van der Waals surface area contributed by atoms with Crippen LogP contribution in [0, 0.1) is 6.92 Å². The van der Waals surface area contributed by atoms with E-state index >= 15 is 0 Å². The lowest BCUT2D eigenvalue weighted by Gasteiger charge is -2.33. The first-order valence-electron chi connectivity index (χ1n) is 14.2. The largest absolute Gasteiger partial charge is 0.493 e. The molecule has 0 spiro atoms. The van der Waals surface area contributed by atoms with Crippen LogP contribution in [0.15, 0.2) is 34.7 Å². The highest BCUT2D eigenvalue weighted by molar-refractivity contribution is 5.88. The molecule has 2 amide bonds. The average Bonchev–Trinajstić information content (AvgIpc) is 3.76. The molecule has 3 aromatic rings. The molecule has 0 bridgehead atoms. The fraction of sp³-hybridized carbons (Fsp3) is 0.552. The van der Waals surface area contributed by atoms with Crippen molar-refractivity contribution in [2.45, 2.75) is 76.6 Å². The minimum absolute atomic E-state index is 0.0792. The normalized spacial score (nSPS) is 18.2. The van der Waals surface area contributed by atoms with Gasteiger partial charge in [-0.15, -0.1) is 10.2 Å². The van der Waals surface area contributed by atoms with Gasteiger partial charge >= 0.3 is 0 Å². The summed E-state index contributed by atoms with van der Waals surface area (Å²) in [6.07, 6.45) is 6.73. The second-order valence-electron chi connectivity index (χ2n) is 10.6. The molecule has 2 aromatic heterocycles. The predicted octanol–water partition coefficient (Wildman–Crippen LogP) is 3.46. The summed E-state index contributed by atoms with van der Waals surface area (Å²) in [6.45, 7) is 2.49. The zero-order valence-corrected chi connectivity index (χ0v) is 23.9. The SMILES string of the molecule is COc1ccc(-c2nnn(CC(=O)N(C[C@@H]3CCCO3)[C@H](C(=O)NC3CCCCC3)c3ccc(C)o3)n2)cc1OC. The Balaban J connectivity index is 1.40. The Kier molecular flexibility index (Phi) is 9.17. The van der Waals surface area contributed by atoms with Gasteiger partial charge in [0.1, 0.15) is 18.1 Å². The minimum atomic E-state index is -0.948. The zero-order valence-electron chi connectivity index (χ0n) is 23.9. The van der Waals surface area contributed by atoms with Crippen molar-refractivity contribution in [2.24, 2.45) is 0 Å². The highest BCUT2D eigenvalue weighted by Gasteiger charge is 2.37. The highest BCUT2D eigenvalue weighted by atomic mass is 16.5. The maximum Gasteiger partial charge on any atom is 0.250 e. The van der Waals surface area contributed by atoms with E-state index in [1.807, 2.05) is 6.92 Å². The van der Waals surface area contributed by atoms with Gasteiger partial charge in [0.05, 0.1) is 20.3 Å². The van der Waals surface area contributed by atoms with E-state index in [0.717, 1.165) is 38.5 Å². The van der Waals surface area contributed by atoms with E-state index in [2.05, 4.69) is 20.7 Å². The van der Waals surface area contributed by atoms with Gasteiger partial charge in [0, 0.05) is 24.8 Å². The Labute approximate surface area is 239 Å². The van der Waals surface area contributed by atoms with Crippen LogP contribution in [-0.4, -0.2) is 76.4 Å². The number of furan rings is 1. The number of amides is 2. The Hall–Kier alpha value is -3.93. The van der Waals surface area contributed by atoms with Gasteiger partial charge in [-0.1, -0.05) is 19.3 Å². The Morgan fingerprint density at radius 3 is 2.56 bits per heavy atom. The van der Waals surface area contributed by atoms with Gasteiger partial charge in [-0.05, 0) is 68.2 Å². The molecule has 41 heavy (non-hydrogen) atoms. The number of tetrazole rings is 1. The van der Waals surface area contributed by atoms with Crippen molar-refractivity contribution in [3.8, 4) is 22.9 Å². The lowest BCUT2D eigenvalue weighted by Crippen LogP contribution is -2.49. The number of rotatable bonds is 11. The molecular formula is C29H38N6O6. The van der Waals surface area contributed by atoms with E-state index in [9.17, 15) is 9.59 Å². The number of hydrogen-bond acceptors (Lipinski definition) is 9. The van der Waals surface area contributed by atoms with Crippen LogP contribution < -0.4 is 14.8 Å². The monoisotopic (exact) mass is 566 g/mol. The molecule has 3 heterocycles. The zero-order chi connectivity index (χ0) is 28.8. The molecular weight excluding hydrogens is 528 g/mol. The number of benzene rings is 1. The van der Waals surface area contributed by atoms with Crippen molar-refractivity contribution in [3.63, 3.8) is 0 Å². The molecule has 1 saturated heterocycles. The van der Waals surface area contributed by atoms with Gasteiger partial charge in [0.15, 0.2) is 17.5 Å². The number of ether oxygens (including phenoxy) is 3. The molecule has 2 atom stereocenters. The number of carbonyl (C=O) groups excluding carboxylic acids is 2. The van der Waals surface area contributed by atoms with E-state index < -0.39 is 6.04 Å². The summed E-state index contributed by atoms with van der Waals surface area (Å²) in [5.74, 6) is 1.93. The maximum atomic E-state index is 13.9. The number of carbonyl (C=O) groups is 2. The highest BCUT2D eigenvalue weighted by Crippen LogP contribution is 2.31. The fourth-order valence-corrected chi connectivity index (χ4v) is 5.52. The first-order chi connectivity index (χ1) is 19.9. The standard InChI is InChI=1S/C29H38N6O6/c1-19-11-13-24(41-19)27(29(37)30-21-8-5-4-6-9-21)34(17-22-10-7-15-40-22)26(36)18-35-32-28(31-33-35)20-12-14-23(38-2)25(16-20)39-3/h11-14,16,21-22,27H,4-10,15,17-18H2,1-3H3,(H,30,37)/t22-,27-/m0/s1. The lowest BCUT2D eigenvalue weighted by molar-refractivity contribution is -0.144. The first kappa shape index (κ1) is 28.6. The van der Waals surface area contributed by atoms with Crippen LogP contribution in [-0.2, 0) is 20.9 Å². The van der Waals surface area contributed by atoms with Crippen LogP contribution >= 0.6 is 0 Å². The lowest BCUT2D eigenvalue weighted by atomic mass is 9.95. The van der Waals surface area contributed by atoms with E-state index in [1.165, 1.54) is 11.2 Å². The molecule has 2 aliphatic rings. The predicted molar refractivity (Wildman–Crippen MR) is 148 cm³/mol. The quantitative estimate of drug-likeness (QED) is 0.370. The van der Waals surface area contributed by atoms with Gasteiger partial charge in [0.2, 0.25) is 11.7 Å². The van der Waals surface area contributed by atoms with Crippen molar-refractivity contribution in [1.82, 2.24) is 30.4 Å². The summed E-state index contributed by atoms with van der Waals surface area (Å²) in [7, 11) is 3.11. The van der Waals surface area contributed by atoms with E-state index in [1.54, 1.807) is 49.5 Å². The fourth-order valence-electron chi connectivity index (χ4n) is 5.52. The molecule has 1 saturated carbocycles. The van der Waals surface area contributed by atoms with E-state index in [-0.39, 0.29) is 37.0 Å². The molecule has 220 valence electrons. The van der Waals surface area contributed by atoms with Crippen molar-refractivity contribution >= 4 is 11.8 Å². The van der Waals surface area contributed by atoms with Crippen molar-refractivity contribution in [1.29, 1.82) is 0 Å². The Morgan fingerprint density at radius 2 is 1.88 bits per heavy atom. The van der Waals surface area contributed by atoms with Crippen molar-refractivity contribution in [3.05, 3.63) is 41.9 Å². The Morgan fingerprint density at radius 1 is 1.07 bits per heavy atom. The third kappa shape index (κ3) is 6.87. The second kappa shape index (κ2) is 13.2. The van der Waals surface area contributed by atoms with Gasteiger partial charge in [0.25, 0.3) is 5.91 Å². The molecule has 0 radical (unpaired) electrons. The summed E-state index contributed by atoms with van der Waals surface area (Å²) >= 11 is 0. The average molecular weight is 567 g/mol. The number of nitrogens with one attached hydrogen (secondary N) is 1. The topological polar surface area (TPSA) is 134 Å². The van der Waals surface area contributed by atoms with Gasteiger partial charge < -0.3 is 28.8 Å². The molecule has 1 aliphatic carbocycles. The number of nitrogens with zero attached hydrogens (tertiary/aromatic N) is 5. The summed E-state index contributed by atoms with van der Waals surface area (Å²) < 4.78 is 22.5. The van der Waals surface area contributed by atoms with Crippen LogP contribution in [0.25, 0.3) is 11.4 Å². The number of aromatic nitrogens is 4. The summed E-state index contributed by atoms with van der Waals surface area (Å²) in [5, 5.41) is 15.9. The molecule has 1 N–H and O–H groups in total. The van der Waals surface area contributed by atoms with Crippen LogP contribution in [0.4, 0.5) is 0 Å². The second-order valence-corrected chi connectivity index (χ2v) is 10.6. The van der Waals surface area contributed by atoms with Gasteiger partial charge in [-0.2, -0.15) is 4.80 Å². The third-order valence-electron chi connectivity index (χ3n) is 7.66. The van der Waals surface area contributed by atoms with Gasteiger partial charge in [-0.25, -0.2) is 0 Å². The van der Waals surface area contributed by atoms with Crippen LogP contribution in [0.5, 0.6) is 11.5 Å². The third-order valence-corrected chi connectivity index (χ3v) is 7.66. The van der Waals surface area contributed by atoms with Crippen LogP contribution in [0.2, 0.25) is 0 Å². The molecule has 1 aromatic carbocycles. The molecule has 1 aliphatic heterocycles. The minimum Gasteiger partial charge on any atom is -0.493 e. The molecule has 0 unspecified atom stereocenters. The maximum absolute atomic E-state index is 13.9. The van der Waals surface area contributed by atoms with Crippen LogP contribution in [0.3, 0.4) is 0 Å². The number of hydrogen-bond donors (Lipinski definition) is 1. The Bertz CT molecular complexity index is 1330. The van der Waals surface area contributed by atoms with Crippen molar-refractivity contribution in [2.75, 3.05) is 27.4 Å². The first-order valence-corrected chi connectivity index (χ1v) is 14.2. The molecule has 2 fully saturated rings. The van der Waals surface area contributed by atoms with Crippen LogP contribution in [0.1, 0.15) is 62.5 Å². The summed E-state index contributed by atoms with van der Waals surface area (Å²) in [6, 6.07) is 7.99.